The van der Waals surface area contributed by atoms with E-state index in [4.69, 9.17) is 10.6 Å². The first-order valence-electron chi connectivity index (χ1n) is 6.32. The maximum absolute atomic E-state index is 12.3. The molecule has 2 N–H and O–H groups in total. The van der Waals surface area contributed by atoms with Gasteiger partial charge in [-0.3, -0.25) is 9.80 Å². The van der Waals surface area contributed by atoms with Gasteiger partial charge in [-0.1, -0.05) is 6.07 Å². The van der Waals surface area contributed by atoms with Crippen molar-refractivity contribution in [3.8, 4) is 5.75 Å². The Morgan fingerprint density at radius 2 is 1.79 bits per heavy atom. The van der Waals surface area contributed by atoms with Crippen LogP contribution in [0.4, 0.5) is 0 Å². The molecule has 0 spiro atoms. The van der Waals surface area contributed by atoms with Crippen LogP contribution < -0.4 is 10.6 Å². The summed E-state index contributed by atoms with van der Waals surface area (Å²) >= 11 is 0. The lowest BCUT2D eigenvalue weighted by Gasteiger charge is -2.31. The lowest BCUT2D eigenvalue weighted by Crippen LogP contribution is -2.45. The number of ether oxygens (including phenoxy) is 1. The lowest BCUT2D eigenvalue weighted by atomic mass is 9.78. The Morgan fingerprint density at radius 1 is 1.26 bits per heavy atom. The van der Waals surface area contributed by atoms with Crippen LogP contribution in [0.1, 0.15) is 36.1 Å². The molecule has 0 saturated carbocycles. The van der Waals surface area contributed by atoms with E-state index >= 15 is 0 Å². The van der Waals surface area contributed by atoms with Crippen molar-refractivity contribution in [1.29, 1.82) is 0 Å². The monoisotopic (exact) mass is 264 g/mol. The molecule has 0 heterocycles. The van der Waals surface area contributed by atoms with Crippen LogP contribution in [0.2, 0.25) is 0 Å². The zero-order valence-electron chi connectivity index (χ0n) is 12.9. The average molecular weight is 264 g/mol. The molecule has 4 heteroatoms. The molecule has 0 atom stereocenters. The third-order valence-electron chi connectivity index (χ3n) is 3.67. The van der Waals surface area contributed by atoms with Gasteiger partial charge in [-0.2, -0.15) is 0 Å². The van der Waals surface area contributed by atoms with Gasteiger partial charge in [0.15, 0.2) is 0 Å². The van der Waals surface area contributed by atoms with Crippen LogP contribution in [0.3, 0.4) is 0 Å². The molecule has 0 saturated heterocycles. The molecule has 1 amide bonds. The Labute approximate surface area is 115 Å². The molecule has 0 aromatic heterocycles. The molecule has 0 aliphatic heterocycles. The molecule has 19 heavy (non-hydrogen) atoms. The molecule has 0 aliphatic rings. The third kappa shape index (κ3) is 2.59. The second kappa shape index (κ2) is 5.21. The zero-order valence-corrected chi connectivity index (χ0v) is 12.9. The quantitative estimate of drug-likeness (QED) is 0.517. The normalized spacial score (nSPS) is 11.4. The van der Waals surface area contributed by atoms with Gasteiger partial charge in [0.05, 0.1) is 12.5 Å². The molecule has 106 valence electrons. The molecule has 1 rings (SSSR count). The molecular formula is C15H24N2O2. The summed E-state index contributed by atoms with van der Waals surface area (Å²) in [6.07, 6.45) is 0. The number of hydrazine groups is 1. The van der Waals surface area contributed by atoms with E-state index in [1.165, 1.54) is 0 Å². The number of carbonyl (C=O) groups excluding carboxylic acids is 1. The molecule has 1 aromatic rings. The van der Waals surface area contributed by atoms with Crippen molar-refractivity contribution in [2.24, 2.45) is 5.84 Å². The topological polar surface area (TPSA) is 55.6 Å². The van der Waals surface area contributed by atoms with Crippen LogP contribution in [-0.4, -0.2) is 25.1 Å². The third-order valence-corrected chi connectivity index (χ3v) is 3.67. The predicted octanol–water partition coefficient (Wildman–Crippen LogP) is 2.23. The van der Waals surface area contributed by atoms with E-state index in [2.05, 4.69) is 6.07 Å². The first kappa shape index (κ1) is 15.5. The predicted molar refractivity (Wildman–Crippen MR) is 77.2 cm³/mol. The summed E-state index contributed by atoms with van der Waals surface area (Å²) in [6.45, 7) is 9.79. The number of nitrogens with zero attached hydrogens (tertiary/aromatic N) is 1. The smallest absolute Gasteiger partial charge is 0.246 e. The number of hydrogen-bond donors (Lipinski definition) is 1. The van der Waals surface area contributed by atoms with Crippen molar-refractivity contribution in [2.45, 2.75) is 40.0 Å². The first-order valence-corrected chi connectivity index (χ1v) is 6.32. The van der Waals surface area contributed by atoms with Crippen LogP contribution in [0.15, 0.2) is 6.07 Å². The minimum Gasteiger partial charge on any atom is -0.496 e. The van der Waals surface area contributed by atoms with Crippen LogP contribution in [-0.2, 0) is 10.2 Å². The lowest BCUT2D eigenvalue weighted by molar-refractivity contribution is -0.135. The first-order chi connectivity index (χ1) is 8.64. The van der Waals surface area contributed by atoms with Crippen molar-refractivity contribution in [3.05, 3.63) is 28.3 Å². The largest absolute Gasteiger partial charge is 0.496 e. The number of methoxy groups -OCH3 is 1. The van der Waals surface area contributed by atoms with Crippen molar-refractivity contribution in [1.82, 2.24) is 5.01 Å². The van der Waals surface area contributed by atoms with Gasteiger partial charge in [-0.25, -0.2) is 5.84 Å². The van der Waals surface area contributed by atoms with Gasteiger partial charge in [0.25, 0.3) is 0 Å². The fraction of sp³-hybridized carbons (Fsp3) is 0.533. The highest BCUT2D eigenvalue weighted by molar-refractivity contribution is 5.88. The number of rotatable bonds is 3. The molecule has 0 aliphatic carbocycles. The summed E-state index contributed by atoms with van der Waals surface area (Å²) in [7, 11) is 3.20. The maximum Gasteiger partial charge on any atom is 0.246 e. The van der Waals surface area contributed by atoms with E-state index < -0.39 is 5.41 Å². The van der Waals surface area contributed by atoms with Crippen LogP contribution in [0.5, 0.6) is 5.75 Å². The molecule has 4 nitrogen and oxygen atoms in total. The summed E-state index contributed by atoms with van der Waals surface area (Å²) < 4.78 is 5.54. The highest BCUT2D eigenvalue weighted by Crippen LogP contribution is 2.38. The molecule has 0 radical (unpaired) electrons. The molecule has 0 fully saturated rings. The molecule has 1 aromatic carbocycles. The summed E-state index contributed by atoms with van der Waals surface area (Å²) in [5.74, 6) is 6.25. The summed E-state index contributed by atoms with van der Waals surface area (Å²) in [4.78, 5) is 12.3. The van der Waals surface area contributed by atoms with Gasteiger partial charge >= 0.3 is 0 Å². The minimum atomic E-state index is -0.725. The van der Waals surface area contributed by atoms with Crippen molar-refractivity contribution in [3.63, 3.8) is 0 Å². The van der Waals surface area contributed by atoms with Crippen molar-refractivity contribution >= 4 is 5.91 Å². The number of hydrogen-bond acceptors (Lipinski definition) is 3. The SMILES string of the molecule is COc1c(C)c(C)cc(C)c1C(C)(C)C(=O)N(C)N. The van der Waals surface area contributed by atoms with Gasteiger partial charge in [0.2, 0.25) is 5.91 Å². The fourth-order valence-corrected chi connectivity index (χ4v) is 2.63. The molecule has 0 unspecified atom stereocenters. The van der Waals surface area contributed by atoms with E-state index in [1.807, 2.05) is 34.6 Å². The van der Waals surface area contributed by atoms with E-state index in [1.54, 1.807) is 14.2 Å². The van der Waals surface area contributed by atoms with Gasteiger partial charge in [0, 0.05) is 12.6 Å². The van der Waals surface area contributed by atoms with Crippen LogP contribution in [0, 0.1) is 20.8 Å². The second-order valence-corrected chi connectivity index (χ2v) is 5.58. The van der Waals surface area contributed by atoms with Crippen molar-refractivity contribution in [2.75, 3.05) is 14.2 Å². The number of carbonyl (C=O) groups is 1. The van der Waals surface area contributed by atoms with E-state index in [0.29, 0.717) is 0 Å². The van der Waals surface area contributed by atoms with Gasteiger partial charge < -0.3 is 4.74 Å². The average Bonchev–Trinajstić information content (AvgIpc) is 2.31. The summed E-state index contributed by atoms with van der Waals surface area (Å²) in [5, 5.41) is 1.13. The number of aryl methyl sites for hydroxylation is 2. The maximum atomic E-state index is 12.3. The summed E-state index contributed by atoms with van der Waals surface area (Å²) in [6, 6.07) is 2.08. The van der Waals surface area contributed by atoms with Crippen LogP contribution >= 0.6 is 0 Å². The summed E-state index contributed by atoms with van der Waals surface area (Å²) in [5.41, 5.74) is 3.43. The van der Waals surface area contributed by atoms with E-state index in [9.17, 15) is 4.79 Å². The fourth-order valence-electron chi connectivity index (χ4n) is 2.63. The Morgan fingerprint density at radius 3 is 2.21 bits per heavy atom. The van der Waals surface area contributed by atoms with Gasteiger partial charge in [-0.05, 0) is 51.3 Å². The Kier molecular flexibility index (Phi) is 4.25. The standard InChI is InChI=1S/C15H24N2O2/c1-9-8-10(2)12(13(19-7)11(9)3)15(4,5)14(18)17(6)16/h8H,16H2,1-7H3. The van der Waals surface area contributed by atoms with Crippen molar-refractivity contribution < 1.29 is 9.53 Å². The number of benzene rings is 1. The zero-order chi connectivity index (χ0) is 15.0. The highest BCUT2D eigenvalue weighted by Gasteiger charge is 2.36. The second-order valence-electron chi connectivity index (χ2n) is 5.58. The van der Waals surface area contributed by atoms with Gasteiger partial charge in [0.1, 0.15) is 5.75 Å². The Hall–Kier alpha value is -1.55. The van der Waals surface area contributed by atoms with E-state index in [-0.39, 0.29) is 5.91 Å². The highest BCUT2D eigenvalue weighted by atomic mass is 16.5. The molecular weight excluding hydrogens is 240 g/mol. The number of likely N-dealkylation sites (N-methyl/N-ethyl adjacent to an activating group) is 1. The Bertz CT molecular complexity index is 505. The van der Waals surface area contributed by atoms with Gasteiger partial charge in [-0.15, -0.1) is 0 Å². The molecule has 0 bridgehead atoms. The van der Waals surface area contributed by atoms with E-state index in [0.717, 1.165) is 33.0 Å². The van der Waals surface area contributed by atoms with Crippen LogP contribution in [0.25, 0.3) is 0 Å². The Balaban J connectivity index is 3.58. The number of nitrogens with two attached hydrogens (primary N) is 1. The number of amides is 1. The minimum absolute atomic E-state index is 0.142.